The molecule has 0 bridgehead atoms. The van der Waals surface area contributed by atoms with Crippen molar-refractivity contribution < 1.29 is 14.6 Å². The molecule has 0 radical (unpaired) electrons. The van der Waals surface area contributed by atoms with E-state index >= 15 is 0 Å². The Bertz CT molecular complexity index is 1200. The topological polar surface area (TPSA) is 46.5 Å². The van der Waals surface area contributed by atoms with Crippen LogP contribution in [0.15, 0.2) is 97.1 Å². The van der Waals surface area contributed by atoms with Gasteiger partial charge in [-0.2, -0.15) is 0 Å². The van der Waals surface area contributed by atoms with Gasteiger partial charge in [0, 0.05) is 11.5 Å². The number of hydrogen-bond acceptors (Lipinski definition) is 3. The molecule has 29 heavy (non-hydrogen) atoms. The number of ether oxygens (including phenoxy) is 1. The molecule has 3 nitrogen and oxygen atoms in total. The van der Waals surface area contributed by atoms with Crippen LogP contribution in [0.5, 0.6) is 0 Å². The summed E-state index contributed by atoms with van der Waals surface area (Å²) in [5, 5.41) is 15.5. The van der Waals surface area contributed by atoms with Crippen LogP contribution in [0.1, 0.15) is 23.1 Å². The van der Waals surface area contributed by atoms with Crippen molar-refractivity contribution in [3.05, 3.63) is 108 Å². The molecule has 0 aliphatic heterocycles. The number of hydrogen-bond donors (Lipinski definition) is 1. The summed E-state index contributed by atoms with van der Waals surface area (Å²) in [4.78, 5) is 12.4. The fourth-order valence-corrected chi connectivity index (χ4v) is 4.02. The first-order valence-electron chi connectivity index (χ1n) is 9.52. The van der Waals surface area contributed by atoms with E-state index in [1.807, 2.05) is 84.9 Å². The molecular formula is C26H22O3. The lowest BCUT2D eigenvalue weighted by atomic mass is 9.80. The van der Waals surface area contributed by atoms with Gasteiger partial charge in [0.2, 0.25) is 0 Å². The smallest absolute Gasteiger partial charge is 0.333 e. The first kappa shape index (κ1) is 18.9. The molecule has 0 aromatic heterocycles. The Morgan fingerprint density at radius 2 is 1.28 bits per heavy atom. The minimum atomic E-state index is -0.960. The zero-order chi connectivity index (χ0) is 20.4. The predicted molar refractivity (Wildman–Crippen MR) is 117 cm³/mol. The minimum Gasteiger partial charge on any atom is -0.466 e. The van der Waals surface area contributed by atoms with E-state index in [1.54, 1.807) is 0 Å². The van der Waals surface area contributed by atoms with Crippen LogP contribution in [0.3, 0.4) is 0 Å². The second-order valence-corrected chi connectivity index (χ2v) is 7.08. The predicted octanol–water partition coefficient (Wildman–Crippen LogP) is 5.54. The van der Waals surface area contributed by atoms with Crippen molar-refractivity contribution in [1.82, 2.24) is 0 Å². The summed E-state index contributed by atoms with van der Waals surface area (Å²) < 4.78 is 4.95. The molecule has 0 amide bonds. The second-order valence-electron chi connectivity index (χ2n) is 7.08. The van der Waals surface area contributed by atoms with E-state index < -0.39 is 18.0 Å². The van der Waals surface area contributed by atoms with Gasteiger partial charge in [0.25, 0.3) is 0 Å². The Balaban J connectivity index is 1.93. The fourth-order valence-electron chi connectivity index (χ4n) is 4.02. The van der Waals surface area contributed by atoms with Crippen molar-refractivity contribution in [3.8, 4) is 0 Å². The summed E-state index contributed by atoms with van der Waals surface area (Å²) in [7, 11) is 1.33. The first-order chi connectivity index (χ1) is 14.1. The van der Waals surface area contributed by atoms with Gasteiger partial charge >= 0.3 is 5.97 Å². The number of carbonyl (C=O) groups excluding carboxylic acids is 1. The van der Waals surface area contributed by atoms with Crippen molar-refractivity contribution >= 4 is 27.5 Å². The van der Waals surface area contributed by atoms with E-state index in [1.165, 1.54) is 7.11 Å². The van der Waals surface area contributed by atoms with Crippen LogP contribution < -0.4 is 0 Å². The van der Waals surface area contributed by atoms with Crippen molar-refractivity contribution in [2.24, 2.45) is 0 Å². The fraction of sp³-hybridized carbons (Fsp3) is 0.115. The van der Waals surface area contributed by atoms with E-state index in [9.17, 15) is 9.90 Å². The van der Waals surface area contributed by atoms with Crippen molar-refractivity contribution in [1.29, 1.82) is 0 Å². The molecule has 0 aliphatic rings. The summed E-state index contributed by atoms with van der Waals surface area (Å²) in [6, 6.07) is 27.6. The SMILES string of the molecule is C=C(C(=O)OC)C(c1cccc2ccccc12)C(O)c1cccc2ccccc12. The maximum Gasteiger partial charge on any atom is 0.333 e. The third-order valence-corrected chi connectivity index (χ3v) is 5.44. The number of fused-ring (bicyclic) bond motifs is 2. The van der Waals surface area contributed by atoms with E-state index in [2.05, 4.69) is 6.58 Å². The number of methoxy groups -OCH3 is 1. The van der Waals surface area contributed by atoms with Crippen LogP contribution >= 0.6 is 0 Å². The lowest BCUT2D eigenvalue weighted by molar-refractivity contribution is -0.136. The summed E-state index contributed by atoms with van der Waals surface area (Å²) in [5.74, 6) is -1.17. The summed E-state index contributed by atoms with van der Waals surface area (Å²) in [6.07, 6.45) is -0.960. The van der Waals surface area contributed by atoms with Crippen LogP contribution in [0.25, 0.3) is 21.5 Å². The zero-order valence-corrected chi connectivity index (χ0v) is 16.2. The van der Waals surface area contributed by atoms with Gasteiger partial charge in [-0.25, -0.2) is 4.79 Å². The highest BCUT2D eigenvalue weighted by Gasteiger charge is 2.31. The highest BCUT2D eigenvalue weighted by molar-refractivity contribution is 5.94. The highest BCUT2D eigenvalue weighted by Crippen LogP contribution is 2.41. The highest BCUT2D eigenvalue weighted by atomic mass is 16.5. The molecule has 0 fully saturated rings. The average Bonchev–Trinajstić information content (AvgIpc) is 2.78. The molecule has 0 spiro atoms. The van der Waals surface area contributed by atoms with Gasteiger partial charge in [-0.05, 0) is 32.7 Å². The number of carbonyl (C=O) groups is 1. The maximum atomic E-state index is 12.4. The normalized spacial score (nSPS) is 13.2. The van der Waals surface area contributed by atoms with Crippen LogP contribution in [-0.2, 0) is 9.53 Å². The van der Waals surface area contributed by atoms with Crippen molar-refractivity contribution in [3.63, 3.8) is 0 Å². The van der Waals surface area contributed by atoms with E-state index in [-0.39, 0.29) is 5.57 Å². The molecular weight excluding hydrogens is 360 g/mol. The molecule has 4 aromatic carbocycles. The first-order valence-corrected chi connectivity index (χ1v) is 9.52. The molecule has 3 heteroatoms. The Kier molecular flexibility index (Phi) is 5.15. The van der Waals surface area contributed by atoms with Gasteiger partial charge in [0.15, 0.2) is 0 Å². The lowest BCUT2D eigenvalue weighted by Gasteiger charge is -2.27. The Labute approximate surface area is 169 Å². The molecule has 2 atom stereocenters. The molecule has 0 heterocycles. The van der Waals surface area contributed by atoms with Crippen molar-refractivity contribution in [2.45, 2.75) is 12.0 Å². The van der Waals surface area contributed by atoms with E-state index in [4.69, 9.17) is 4.74 Å². The summed E-state index contributed by atoms with van der Waals surface area (Å²) in [6.45, 7) is 4.00. The standard InChI is InChI=1S/C26H22O3/c1-17(26(28)29-2)24(22-15-7-11-18-9-3-5-13-20(18)22)25(27)23-16-8-12-19-10-4-6-14-21(19)23/h3-16,24-25,27H,1H2,2H3. The average molecular weight is 382 g/mol. The number of aliphatic hydroxyl groups excluding tert-OH is 1. The van der Waals surface area contributed by atoms with Crippen LogP contribution in [0, 0.1) is 0 Å². The van der Waals surface area contributed by atoms with Gasteiger partial charge in [-0.1, -0.05) is 91.5 Å². The largest absolute Gasteiger partial charge is 0.466 e. The number of benzene rings is 4. The Hall–Kier alpha value is -3.43. The molecule has 4 rings (SSSR count). The molecule has 144 valence electrons. The molecule has 0 aliphatic carbocycles. The van der Waals surface area contributed by atoms with Crippen LogP contribution in [-0.4, -0.2) is 18.2 Å². The van der Waals surface area contributed by atoms with Crippen molar-refractivity contribution in [2.75, 3.05) is 7.11 Å². The van der Waals surface area contributed by atoms with Gasteiger partial charge < -0.3 is 9.84 Å². The molecule has 4 aromatic rings. The van der Waals surface area contributed by atoms with E-state index in [0.717, 1.165) is 32.7 Å². The van der Waals surface area contributed by atoms with Gasteiger partial charge in [-0.3, -0.25) is 0 Å². The number of aliphatic hydroxyl groups is 1. The minimum absolute atomic E-state index is 0.226. The van der Waals surface area contributed by atoms with Crippen LogP contribution in [0.2, 0.25) is 0 Å². The van der Waals surface area contributed by atoms with Gasteiger partial charge in [-0.15, -0.1) is 0 Å². The molecule has 1 N–H and O–H groups in total. The second kappa shape index (κ2) is 7.90. The third kappa shape index (κ3) is 3.41. The zero-order valence-electron chi connectivity index (χ0n) is 16.2. The number of rotatable bonds is 5. The quantitative estimate of drug-likeness (QED) is 0.364. The summed E-state index contributed by atoms with van der Waals surface area (Å²) in [5.41, 5.74) is 1.83. The molecule has 2 unspecified atom stereocenters. The third-order valence-electron chi connectivity index (χ3n) is 5.44. The maximum absolute atomic E-state index is 12.4. The lowest BCUT2D eigenvalue weighted by Crippen LogP contribution is -2.19. The van der Waals surface area contributed by atoms with Gasteiger partial charge in [0.05, 0.1) is 13.2 Å². The monoisotopic (exact) mass is 382 g/mol. The summed E-state index contributed by atoms with van der Waals surface area (Å²) >= 11 is 0. The molecule has 0 saturated carbocycles. The van der Waals surface area contributed by atoms with Gasteiger partial charge in [0.1, 0.15) is 0 Å². The number of esters is 1. The molecule has 0 saturated heterocycles. The van der Waals surface area contributed by atoms with Crippen LogP contribution in [0.4, 0.5) is 0 Å². The Morgan fingerprint density at radius 3 is 1.86 bits per heavy atom. The Morgan fingerprint density at radius 1 is 0.793 bits per heavy atom. The van der Waals surface area contributed by atoms with E-state index in [0.29, 0.717) is 0 Å².